The molecule has 0 saturated heterocycles. The lowest BCUT2D eigenvalue weighted by molar-refractivity contribution is -0.119. The van der Waals surface area contributed by atoms with E-state index in [2.05, 4.69) is 15.8 Å². The van der Waals surface area contributed by atoms with Crippen molar-refractivity contribution in [2.45, 2.75) is 0 Å². The number of hydrazone groups is 1. The van der Waals surface area contributed by atoms with Gasteiger partial charge in [-0.15, -0.1) is 0 Å². The Morgan fingerprint density at radius 2 is 2.00 bits per heavy atom. The van der Waals surface area contributed by atoms with Crippen molar-refractivity contribution in [1.82, 2.24) is 5.43 Å². The smallest absolute Gasteiger partial charge is 0.259 e. The van der Waals surface area contributed by atoms with Gasteiger partial charge in [0.1, 0.15) is 5.75 Å². The summed E-state index contributed by atoms with van der Waals surface area (Å²) in [6, 6.07) is 12.5. The van der Waals surface area contributed by atoms with Crippen LogP contribution < -0.4 is 15.5 Å². The Morgan fingerprint density at radius 3 is 2.78 bits per heavy atom. The summed E-state index contributed by atoms with van der Waals surface area (Å²) in [5.41, 5.74) is 3.76. The molecule has 0 radical (unpaired) electrons. The third kappa shape index (κ3) is 4.87. The molecule has 0 heterocycles. The van der Waals surface area contributed by atoms with Crippen LogP contribution in [0.2, 0.25) is 10.0 Å². The van der Waals surface area contributed by atoms with Crippen molar-refractivity contribution in [3.05, 3.63) is 58.1 Å². The summed E-state index contributed by atoms with van der Waals surface area (Å²) in [4.78, 5) is 11.8. The summed E-state index contributed by atoms with van der Waals surface area (Å²) in [5, 5.41) is 7.65. The van der Waals surface area contributed by atoms with Crippen LogP contribution in [0.5, 0.6) is 5.75 Å². The van der Waals surface area contributed by atoms with Gasteiger partial charge in [0.05, 0.1) is 35.6 Å². The van der Waals surface area contributed by atoms with Gasteiger partial charge >= 0.3 is 0 Å². The lowest BCUT2D eigenvalue weighted by atomic mass is 10.2. The van der Waals surface area contributed by atoms with Crippen LogP contribution >= 0.6 is 23.2 Å². The number of ether oxygens (including phenoxy) is 1. The van der Waals surface area contributed by atoms with Crippen LogP contribution in [0.1, 0.15) is 5.56 Å². The molecule has 0 saturated carbocycles. The van der Waals surface area contributed by atoms with Crippen LogP contribution in [-0.4, -0.2) is 25.8 Å². The molecule has 0 aliphatic rings. The maximum atomic E-state index is 11.8. The molecule has 0 aliphatic heterocycles. The molecule has 0 atom stereocenters. The molecule has 0 aromatic heterocycles. The SMILES string of the molecule is COc1ccccc1NCC(=O)N/N=C/c1cccc(Cl)c1Cl. The topological polar surface area (TPSA) is 62.7 Å². The lowest BCUT2D eigenvalue weighted by Gasteiger charge is -2.09. The number of rotatable bonds is 6. The minimum absolute atomic E-state index is 0.0565. The summed E-state index contributed by atoms with van der Waals surface area (Å²) in [5.74, 6) is 0.361. The quantitative estimate of drug-likeness (QED) is 0.617. The predicted molar refractivity (Wildman–Crippen MR) is 93.7 cm³/mol. The molecule has 2 aromatic rings. The van der Waals surface area contributed by atoms with Gasteiger partial charge in [-0.1, -0.05) is 47.5 Å². The highest BCUT2D eigenvalue weighted by atomic mass is 35.5. The van der Waals surface area contributed by atoms with Gasteiger partial charge < -0.3 is 10.1 Å². The van der Waals surface area contributed by atoms with Gasteiger partial charge in [0.2, 0.25) is 0 Å². The molecule has 0 spiro atoms. The molecule has 0 aliphatic carbocycles. The zero-order valence-electron chi connectivity index (χ0n) is 12.3. The number of hydrogen-bond acceptors (Lipinski definition) is 4. The van der Waals surface area contributed by atoms with Crippen molar-refractivity contribution < 1.29 is 9.53 Å². The standard InChI is InChI=1S/C16H15Cl2N3O2/c1-23-14-8-3-2-7-13(14)19-10-15(22)21-20-9-11-5-4-6-12(17)16(11)18/h2-9,19H,10H2,1H3,(H,21,22)/b20-9+. The fourth-order valence-electron chi connectivity index (χ4n) is 1.80. The zero-order valence-corrected chi connectivity index (χ0v) is 13.9. The number of halogens is 2. The van der Waals surface area contributed by atoms with Crippen molar-refractivity contribution in [2.75, 3.05) is 19.0 Å². The Hall–Kier alpha value is -2.24. The Morgan fingerprint density at radius 1 is 1.22 bits per heavy atom. The first kappa shape index (κ1) is 17.1. The summed E-state index contributed by atoms with van der Waals surface area (Å²) >= 11 is 11.9. The number of para-hydroxylation sites is 2. The Balaban J connectivity index is 1.88. The zero-order chi connectivity index (χ0) is 16.7. The average Bonchev–Trinajstić information content (AvgIpc) is 2.57. The third-order valence-electron chi connectivity index (χ3n) is 2.92. The maximum absolute atomic E-state index is 11.8. The number of methoxy groups -OCH3 is 1. The van der Waals surface area contributed by atoms with Gasteiger partial charge in [-0.2, -0.15) is 5.10 Å². The number of nitrogens with zero attached hydrogens (tertiary/aromatic N) is 1. The van der Waals surface area contributed by atoms with Crippen molar-refractivity contribution in [2.24, 2.45) is 5.10 Å². The Labute approximate surface area is 144 Å². The normalized spacial score (nSPS) is 10.6. The lowest BCUT2D eigenvalue weighted by Crippen LogP contribution is -2.26. The van der Waals surface area contributed by atoms with E-state index in [-0.39, 0.29) is 12.5 Å². The molecule has 1 amide bonds. The molecule has 23 heavy (non-hydrogen) atoms. The fourth-order valence-corrected chi connectivity index (χ4v) is 2.16. The van der Waals surface area contributed by atoms with Gasteiger partial charge in [-0.25, -0.2) is 5.43 Å². The number of nitrogens with one attached hydrogen (secondary N) is 2. The Kier molecular flexibility index (Phi) is 6.26. The first-order chi connectivity index (χ1) is 11.1. The minimum atomic E-state index is -0.301. The minimum Gasteiger partial charge on any atom is -0.495 e. The molecule has 0 fully saturated rings. The second-order valence-electron chi connectivity index (χ2n) is 4.49. The Bertz CT molecular complexity index is 720. The van der Waals surface area contributed by atoms with Crippen LogP contribution in [0, 0.1) is 0 Å². The summed E-state index contributed by atoms with van der Waals surface area (Å²) < 4.78 is 5.19. The number of carbonyl (C=O) groups excluding carboxylic acids is 1. The van der Waals surface area contributed by atoms with Crippen molar-refractivity contribution in [3.8, 4) is 5.75 Å². The number of amides is 1. The van der Waals surface area contributed by atoms with E-state index in [1.54, 1.807) is 31.4 Å². The van der Waals surface area contributed by atoms with E-state index in [0.717, 1.165) is 5.69 Å². The van der Waals surface area contributed by atoms with Gasteiger partial charge in [0.25, 0.3) is 5.91 Å². The van der Waals surface area contributed by atoms with Crippen LogP contribution in [0.4, 0.5) is 5.69 Å². The van der Waals surface area contributed by atoms with Gasteiger partial charge in [0.15, 0.2) is 0 Å². The molecular formula is C16H15Cl2N3O2. The first-order valence-electron chi connectivity index (χ1n) is 6.74. The average molecular weight is 352 g/mol. The molecule has 120 valence electrons. The molecular weight excluding hydrogens is 337 g/mol. The monoisotopic (exact) mass is 351 g/mol. The van der Waals surface area contributed by atoms with E-state index < -0.39 is 0 Å². The van der Waals surface area contributed by atoms with Crippen LogP contribution in [0.15, 0.2) is 47.6 Å². The van der Waals surface area contributed by atoms with Crippen molar-refractivity contribution in [3.63, 3.8) is 0 Å². The van der Waals surface area contributed by atoms with Gasteiger partial charge in [-0.05, 0) is 18.2 Å². The summed E-state index contributed by atoms with van der Waals surface area (Å²) in [6.07, 6.45) is 1.44. The molecule has 2 N–H and O–H groups in total. The third-order valence-corrected chi connectivity index (χ3v) is 3.75. The molecule has 5 nitrogen and oxygen atoms in total. The van der Waals surface area contributed by atoms with E-state index in [9.17, 15) is 4.79 Å². The fraction of sp³-hybridized carbons (Fsp3) is 0.125. The number of benzene rings is 2. The van der Waals surface area contributed by atoms with Gasteiger partial charge in [0, 0.05) is 5.56 Å². The van der Waals surface area contributed by atoms with E-state index >= 15 is 0 Å². The van der Waals surface area contributed by atoms with Gasteiger partial charge in [-0.3, -0.25) is 4.79 Å². The number of anilines is 1. The van der Waals surface area contributed by atoms with E-state index in [1.807, 2.05) is 18.2 Å². The highest BCUT2D eigenvalue weighted by Crippen LogP contribution is 2.24. The molecule has 2 aromatic carbocycles. The van der Waals surface area contributed by atoms with Crippen molar-refractivity contribution in [1.29, 1.82) is 0 Å². The largest absolute Gasteiger partial charge is 0.495 e. The van der Waals surface area contributed by atoms with E-state index in [0.29, 0.717) is 21.4 Å². The second kappa shape index (κ2) is 8.41. The van der Waals surface area contributed by atoms with Crippen molar-refractivity contribution >= 4 is 41.0 Å². The van der Waals surface area contributed by atoms with Crippen LogP contribution in [0.25, 0.3) is 0 Å². The molecule has 2 rings (SSSR count). The highest BCUT2D eigenvalue weighted by Gasteiger charge is 2.04. The molecule has 0 unspecified atom stereocenters. The summed E-state index contributed by atoms with van der Waals surface area (Å²) in [6.45, 7) is 0.0565. The second-order valence-corrected chi connectivity index (χ2v) is 5.28. The molecule has 7 heteroatoms. The highest BCUT2D eigenvalue weighted by molar-refractivity contribution is 6.43. The van der Waals surface area contributed by atoms with Crippen LogP contribution in [0.3, 0.4) is 0 Å². The van der Waals surface area contributed by atoms with E-state index in [1.165, 1.54) is 6.21 Å². The predicted octanol–water partition coefficient (Wildman–Crippen LogP) is 3.56. The van der Waals surface area contributed by atoms with Crippen LogP contribution in [-0.2, 0) is 4.79 Å². The number of carbonyl (C=O) groups is 1. The molecule has 0 bridgehead atoms. The van der Waals surface area contributed by atoms with E-state index in [4.69, 9.17) is 27.9 Å². The number of hydrogen-bond donors (Lipinski definition) is 2. The first-order valence-corrected chi connectivity index (χ1v) is 7.50. The summed E-state index contributed by atoms with van der Waals surface area (Å²) in [7, 11) is 1.57. The maximum Gasteiger partial charge on any atom is 0.259 e.